The fraction of sp³-hybridized carbons (Fsp3) is 0.520. The maximum atomic E-state index is 13.5. The molecule has 0 saturated carbocycles. The van der Waals surface area contributed by atoms with Crippen molar-refractivity contribution in [1.29, 1.82) is 0 Å². The van der Waals surface area contributed by atoms with Crippen LogP contribution < -0.4 is 10.1 Å². The van der Waals surface area contributed by atoms with Gasteiger partial charge in [-0.15, -0.1) is 11.3 Å². The summed E-state index contributed by atoms with van der Waals surface area (Å²) < 4.78 is 19.2. The molecule has 6 nitrogen and oxygen atoms in total. The highest BCUT2D eigenvalue weighted by atomic mass is 32.1. The fourth-order valence-corrected chi connectivity index (χ4v) is 4.83. The molecule has 1 N–H and O–H groups in total. The number of amides is 3. The second kappa shape index (κ2) is 12.0. The lowest BCUT2D eigenvalue weighted by atomic mass is 10.00. The Morgan fingerprint density at radius 1 is 1.27 bits per heavy atom. The molecule has 0 radical (unpaired) electrons. The molecule has 0 bridgehead atoms. The highest BCUT2D eigenvalue weighted by molar-refractivity contribution is 7.10. The molecule has 2 heterocycles. The summed E-state index contributed by atoms with van der Waals surface area (Å²) >= 11 is 1.69. The van der Waals surface area contributed by atoms with Crippen LogP contribution in [-0.2, 0) is 11.2 Å². The van der Waals surface area contributed by atoms with Crippen molar-refractivity contribution in [3.8, 4) is 5.75 Å². The van der Waals surface area contributed by atoms with Crippen molar-refractivity contribution >= 4 is 23.3 Å². The number of carbonyl (C=O) groups is 2. The van der Waals surface area contributed by atoms with Gasteiger partial charge < -0.3 is 19.9 Å². The number of rotatable bonds is 10. The van der Waals surface area contributed by atoms with Crippen molar-refractivity contribution in [3.05, 3.63) is 52.0 Å². The molecule has 0 fully saturated rings. The summed E-state index contributed by atoms with van der Waals surface area (Å²) in [5.74, 6) is 0.449. The Morgan fingerprint density at radius 3 is 2.73 bits per heavy atom. The Balaban J connectivity index is 1.74. The molecule has 0 aliphatic carbocycles. The fourth-order valence-electron chi connectivity index (χ4n) is 3.90. The topological polar surface area (TPSA) is 61.9 Å². The minimum absolute atomic E-state index is 0.0341. The Labute approximate surface area is 199 Å². The predicted molar refractivity (Wildman–Crippen MR) is 129 cm³/mol. The molecule has 0 spiro atoms. The third kappa shape index (κ3) is 6.69. The van der Waals surface area contributed by atoms with E-state index in [1.165, 1.54) is 17.0 Å². The van der Waals surface area contributed by atoms with Gasteiger partial charge in [-0.25, -0.2) is 9.18 Å². The number of halogens is 1. The zero-order valence-electron chi connectivity index (χ0n) is 19.7. The van der Waals surface area contributed by atoms with E-state index in [1.807, 2.05) is 23.3 Å². The van der Waals surface area contributed by atoms with Gasteiger partial charge in [0.2, 0.25) is 5.91 Å². The Morgan fingerprint density at radius 2 is 2.03 bits per heavy atom. The van der Waals surface area contributed by atoms with Crippen molar-refractivity contribution in [2.24, 2.45) is 5.92 Å². The quantitative estimate of drug-likeness (QED) is 0.534. The summed E-state index contributed by atoms with van der Waals surface area (Å²) in [4.78, 5) is 30.9. The standard InChI is InChI=1S/C25H34FN3O3S/c1-4-12-27-25(31)28(15-18(3)5-2)16-24(30)29-13-10-23-21(11-14-33-23)22(29)17-32-20-8-6-19(26)7-9-20/h6-9,11,14,18,22H,4-5,10,12-13,15-17H2,1-3H3,(H,27,31)/t18-,22+/m1/s1. The van der Waals surface area contributed by atoms with Crippen molar-refractivity contribution in [3.63, 3.8) is 0 Å². The Hall–Kier alpha value is -2.61. The van der Waals surface area contributed by atoms with Gasteiger partial charge in [0.05, 0.1) is 6.04 Å². The van der Waals surface area contributed by atoms with E-state index in [9.17, 15) is 14.0 Å². The van der Waals surface area contributed by atoms with Gasteiger partial charge in [-0.1, -0.05) is 27.2 Å². The number of urea groups is 1. The Kier molecular flexibility index (Phi) is 9.11. The van der Waals surface area contributed by atoms with Gasteiger partial charge in [-0.3, -0.25) is 4.79 Å². The summed E-state index contributed by atoms with van der Waals surface area (Å²) in [5, 5.41) is 4.95. The van der Waals surface area contributed by atoms with E-state index in [0.29, 0.717) is 31.3 Å². The minimum Gasteiger partial charge on any atom is -0.491 e. The SMILES string of the molecule is CCCNC(=O)N(CC(=O)N1CCc2sccc2[C@@H]1COc1ccc(F)cc1)C[C@H](C)CC. The van der Waals surface area contributed by atoms with Crippen LogP contribution in [0.15, 0.2) is 35.7 Å². The number of thiophene rings is 1. The molecule has 2 aromatic rings. The molecule has 1 aromatic carbocycles. The molecule has 3 rings (SSSR count). The molecular formula is C25H34FN3O3S. The van der Waals surface area contributed by atoms with E-state index in [0.717, 1.165) is 24.8 Å². The first-order chi connectivity index (χ1) is 15.9. The first-order valence-corrected chi connectivity index (χ1v) is 12.6. The van der Waals surface area contributed by atoms with Crippen LogP contribution in [0.1, 0.15) is 50.1 Å². The number of nitrogens with zero attached hydrogens (tertiary/aromatic N) is 2. The molecule has 0 unspecified atom stereocenters. The van der Waals surface area contributed by atoms with Crippen LogP contribution >= 0.6 is 11.3 Å². The first-order valence-electron chi connectivity index (χ1n) is 11.7. The van der Waals surface area contributed by atoms with Crippen molar-refractivity contribution in [1.82, 2.24) is 15.1 Å². The monoisotopic (exact) mass is 475 g/mol. The average Bonchev–Trinajstić information content (AvgIpc) is 3.30. The van der Waals surface area contributed by atoms with Gasteiger partial charge in [0.15, 0.2) is 0 Å². The molecule has 2 atom stereocenters. The normalized spacial score (nSPS) is 16.1. The number of hydrogen-bond acceptors (Lipinski definition) is 4. The summed E-state index contributed by atoms with van der Waals surface area (Å²) in [6.45, 7) is 8.18. The number of benzene rings is 1. The van der Waals surface area contributed by atoms with E-state index in [-0.39, 0.29) is 36.9 Å². The van der Waals surface area contributed by atoms with Gasteiger partial charge in [-0.2, -0.15) is 0 Å². The van der Waals surface area contributed by atoms with E-state index in [2.05, 4.69) is 19.2 Å². The third-order valence-corrected chi connectivity index (χ3v) is 7.00. The molecule has 0 saturated heterocycles. The minimum atomic E-state index is -0.320. The van der Waals surface area contributed by atoms with E-state index in [4.69, 9.17) is 4.74 Å². The van der Waals surface area contributed by atoms with E-state index >= 15 is 0 Å². The summed E-state index contributed by atoms with van der Waals surface area (Å²) in [5.41, 5.74) is 1.09. The smallest absolute Gasteiger partial charge is 0.317 e. The van der Waals surface area contributed by atoms with Gasteiger partial charge >= 0.3 is 6.03 Å². The van der Waals surface area contributed by atoms with Crippen LogP contribution in [-0.4, -0.2) is 54.5 Å². The Bertz CT molecular complexity index is 918. The number of hydrogen-bond donors (Lipinski definition) is 1. The molecule has 1 aliphatic heterocycles. The lowest BCUT2D eigenvalue weighted by Gasteiger charge is -2.37. The highest BCUT2D eigenvalue weighted by Crippen LogP contribution is 2.34. The maximum absolute atomic E-state index is 13.5. The molecule has 3 amide bonds. The zero-order chi connectivity index (χ0) is 23.8. The average molecular weight is 476 g/mol. The van der Waals surface area contributed by atoms with E-state index < -0.39 is 0 Å². The number of nitrogens with one attached hydrogen (secondary N) is 1. The predicted octanol–water partition coefficient (Wildman–Crippen LogP) is 4.86. The molecular weight excluding hydrogens is 441 g/mol. The zero-order valence-corrected chi connectivity index (χ0v) is 20.5. The maximum Gasteiger partial charge on any atom is 0.317 e. The number of ether oxygens (including phenoxy) is 1. The second-order valence-electron chi connectivity index (χ2n) is 8.54. The van der Waals surface area contributed by atoms with Gasteiger partial charge in [0.1, 0.15) is 24.7 Å². The van der Waals surface area contributed by atoms with Crippen LogP contribution in [0.3, 0.4) is 0 Å². The molecule has 8 heteroatoms. The molecule has 1 aliphatic rings. The van der Waals surface area contributed by atoms with Gasteiger partial charge in [0, 0.05) is 24.5 Å². The highest BCUT2D eigenvalue weighted by Gasteiger charge is 2.33. The second-order valence-corrected chi connectivity index (χ2v) is 9.54. The molecule has 1 aromatic heterocycles. The molecule has 33 heavy (non-hydrogen) atoms. The van der Waals surface area contributed by atoms with Crippen molar-refractivity contribution in [2.45, 2.75) is 46.1 Å². The van der Waals surface area contributed by atoms with E-state index in [1.54, 1.807) is 28.4 Å². The van der Waals surface area contributed by atoms with Gasteiger partial charge in [-0.05, 0) is 60.0 Å². The van der Waals surface area contributed by atoms with Crippen molar-refractivity contribution in [2.75, 3.05) is 32.8 Å². The van der Waals surface area contributed by atoms with Crippen LogP contribution in [0.4, 0.5) is 9.18 Å². The van der Waals surface area contributed by atoms with Crippen LogP contribution in [0.25, 0.3) is 0 Å². The summed E-state index contributed by atoms with van der Waals surface area (Å²) in [6, 6.07) is 7.49. The van der Waals surface area contributed by atoms with Crippen LogP contribution in [0.5, 0.6) is 5.75 Å². The van der Waals surface area contributed by atoms with Crippen molar-refractivity contribution < 1.29 is 18.7 Å². The number of carbonyl (C=O) groups excluding carboxylic acids is 2. The third-order valence-electron chi connectivity index (χ3n) is 6.01. The first kappa shape index (κ1) is 25.0. The number of fused-ring (bicyclic) bond motifs is 1. The van der Waals surface area contributed by atoms with Crippen LogP contribution in [0, 0.1) is 11.7 Å². The lowest BCUT2D eigenvalue weighted by molar-refractivity contribution is -0.135. The largest absolute Gasteiger partial charge is 0.491 e. The van der Waals surface area contributed by atoms with Crippen LogP contribution in [0.2, 0.25) is 0 Å². The summed E-state index contributed by atoms with van der Waals surface area (Å²) in [6.07, 6.45) is 2.56. The summed E-state index contributed by atoms with van der Waals surface area (Å²) in [7, 11) is 0. The van der Waals surface area contributed by atoms with Gasteiger partial charge in [0.25, 0.3) is 0 Å². The molecule has 180 valence electrons. The lowest BCUT2D eigenvalue weighted by Crippen LogP contribution is -2.50.